The van der Waals surface area contributed by atoms with E-state index in [1.165, 1.54) is 5.56 Å². The summed E-state index contributed by atoms with van der Waals surface area (Å²) in [5, 5.41) is 13.2. The summed E-state index contributed by atoms with van der Waals surface area (Å²) < 4.78 is 18.2. The second kappa shape index (κ2) is 9.60. The van der Waals surface area contributed by atoms with Gasteiger partial charge in [0.1, 0.15) is 22.7 Å². The van der Waals surface area contributed by atoms with Crippen LogP contribution in [0.2, 0.25) is 0 Å². The number of rotatable bonds is 6. The maximum absolute atomic E-state index is 11.5. The molecule has 1 unspecified atom stereocenters. The van der Waals surface area contributed by atoms with Crippen LogP contribution in [0.5, 0.6) is 11.5 Å². The number of piperidine rings is 1. The molecule has 5 rings (SSSR count). The van der Waals surface area contributed by atoms with E-state index in [0.717, 1.165) is 78.9 Å². The lowest BCUT2D eigenvalue weighted by Crippen LogP contribution is -2.46. The molecule has 2 aromatic rings. The van der Waals surface area contributed by atoms with Gasteiger partial charge in [0.05, 0.1) is 19.8 Å². The van der Waals surface area contributed by atoms with Gasteiger partial charge < -0.3 is 24.6 Å². The molecule has 0 radical (unpaired) electrons. The van der Waals surface area contributed by atoms with Crippen LogP contribution in [0.25, 0.3) is 0 Å². The number of fused-ring (bicyclic) bond motifs is 1. The van der Waals surface area contributed by atoms with Crippen LogP contribution in [-0.2, 0) is 29.0 Å². The summed E-state index contributed by atoms with van der Waals surface area (Å²) in [4.78, 5) is 13.9. The first-order chi connectivity index (χ1) is 17.2. The van der Waals surface area contributed by atoms with Crippen LogP contribution in [-0.4, -0.2) is 53.5 Å². The van der Waals surface area contributed by atoms with E-state index in [0.29, 0.717) is 25.5 Å². The molecule has 194 valence electrons. The molecule has 3 aliphatic rings. The van der Waals surface area contributed by atoms with Gasteiger partial charge in [0, 0.05) is 38.0 Å². The van der Waals surface area contributed by atoms with E-state index in [1.807, 2.05) is 20.8 Å². The van der Waals surface area contributed by atoms with Gasteiger partial charge in [-0.2, -0.15) is 0 Å². The molecule has 3 aliphatic heterocycles. The van der Waals surface area contributed by atoms with E-state index in [9.17, 15) is 9.90 Å². The number of carbonyl (C=O) groups is 1. The summed E-state index contributed by atoms with van der Waals surface area (Å²) in [7, 11) is 0. The summed E-state index contributed by atoms with van der Waals surface area (Å²) in [6.07, 6.45) is 3.18. The van der Waals surface area contributed by atoms with Crippen LogP contribution in [0.4, 0.5) is 4.79 Å². The van der Waals surface area contributed by atoms with E-state index in [-0.39, 0.29) is 11.7 Å². The Balaban J connectivity index is 1.15. The monoisotopic (exact) mass is 494 g/mol. The number of amides is 1. The highest BCUT2D eigenvalue weighted by molar-refractivity contribution is 5.70. The molecule has 1 amide bonds. The van der Waals surface area contributed by atoms with Crippen LogP contribution in [0, 0.1) is 20.8 Å². The van der Waals surface area contributed by atoms with E-state index in [1.54, 1.807) is 0 Å². The zero-order valence-corrected chi connectivity index (χ0v) is 21.9. The van der Waals surface area contributed by atoms with E-state index in [2.05, 4.69) is 41.4 Å². The molecule has 36 heavy (non-hydrogen) atoms. The van der Waals surface area contributed by atoms with Crippen molar-refractivity contribution in [2.24, 2.45) is 0 Å². The molecule has 1 atom stereocenters. The average Bonchev–Trinajstić information content (AvgIpc) is 3.23. The smallest absolute Gasteiger partial charge is 0.407 e. The van der Waals surface area contributed by atoms with Gasteiger partial charge in [0.2, 0.25) is 0 Å². The second-order valence-electron chi connectivity index (χ2n) is 11.1. The normalized spacial score (nSPS) is 23.2. The number of benzene rings is 2. The number of nitrogens with zero attached hydrogens (tertiary/aromatic N) is 1. The van der Waals surface area contributed by atoms with Crippen LogP contribution in [0.3, 0.4) is 0 Å². The Morgan fingerprint density at radius 1 is 1.06 bits per heavy atom. The lowest BCUT2D eigenvalue weighted by Gasteiger charge is -2.37. The third-order valence-corrected chi connectivity index (χ3v) is 8.30. The SMILES string of the molecule is Cc1c(C)c2c(c(C)c1O)CCC(C)(COCc1cccc(CN3CCC4(CC3)CNC(=O)O4)c1)O2. The van der Waals surface area contributed by atoms with E-state index >= 15 is 0 Å². The first kappa shape index (κ1) is 24.9. The van der Waals surface area contributed by atoms with E-state index < -0.39 is 5.60 Å². The van der Waals surface area contributed by atoms with Gasteiger partial charge in [-0.05, 0) is 68.4 Å². The number of hydrogen-bond acceptors (Lipinski definition) is 6. The Hall–Kier alpha value is -2.77. The Morgan fingerprint density at radius 3 is 2.53 bits per heavy atom. The van der Waals surface area contributed by atoms with Gasteiger partial charge in [0.15, 0.2) is 0 Å². The molecular formula is C29H38N2O5. The third kappa shape index (κ3) is 4.91. The number of aromatic hydroxyl groups is 1. The summed E-state index contributed by atoms with van der Waals surface area (Å²) in [6, 6.07) is 8.59. The Morgan fingerprint density at radius 2 is 1.81 bits per heavy atom. The fourth-order valence-electron chi connectivity index (χ4n) is 5.76. The van der Waals surface area contributed by atoms with Crippen molar-refractivity contribution in [2.75, 3.05) is 26.2 Å². The molecular weight excluding hydrogens is 456 g/mol. The van der Waals surface area contributed by atoms with Crippen molar-refractivity contribution in [2.45, 2.75) is 77.7 Å². The third-order valence-electron chi connectivity index (χ3n) is 8.30. The highest BCUT2D eigenvalue weighted by Gasteiger charge is 2.42. The number of nitrogens with one attached hydrogen (secondary N) is 1. The van der Waals surface area contributed by atoms with Crippen LogP contribution < -0.4 is 10.1 Å². The Bertz CT molecular complexity index is 1150. The van der Waals surface area contributed by atoms with Crippen molar-refractivity contribution in [3.05, 3.63) is 57.6 Å². The first-order valence-corrected chi connectivity index (χ1v) is 13.0. The van der Waals surface area contributed by atoms with Gasteiger partial charge in [0.25, 0.3) is 0 Å². The van der Waals surface area contributed by atoms with Gasteiger partial charge >= 0.3 is 6.09 Å². The number of ether oxygens (including phenoxy) is 3. The fourth-order valence-corrected chi connectivity index (χ4v) is 5.76. The van der Waals surface area contributed by atoms with Crippen molar-refractivity contribution < 1.29 is 24.1 Å². The molecule has 7 nitrogen and oxygen atoms in total. The van der Waals surface area contributed by atoms with Crippen LogP contribution >= 0.6 is 0 Å². The number of phenolic OH excluding ortho intramolecular Hbond substituents is 1. The van der Waals surface area contributed by atoms with Crippen molar-refractivity contribution in [3.63, 3.8) is 0 Å². The fraction of sp³-hybridized carbons (Fsp3) is 0.552. The molecule has 0 aliphatic carbocycles. The first-order valence-electron chi connectivity index (χ1n) is 13.0. The van der Waals surface area contributed by atoms with Gasteiger partial charge in [-0.1, -0.05) is 24.3 Å². The minimum absolute atomic E-state index is 0.285. The summed E-state index contributed by atoms with van der Waals surface area (Å²) >= 11 is 0. The van der Waals surface area contributed by atoms with Gasteiger partial charge in [-0.15, -0.1) is 0 Å². The lowest BCUT2D eigenvalue weighted by atomic mass is 9.87. The maximum atomic E-state index is 11.5. The summed E-state index contributed by atoms with van der Waals surface area (Å²) in [5.41, 5.74) is 5.66. The predicted octanol–water partition coefficient (Wildman–Crippen LogP) is 4.69. The zero-order valence-electron chi connectivity index (χ0n) is 21.9. The number of likely N-dealkylation sites (tertiary alicyclic amines) is 1. The molecule has 1 spiro atoms. The summed E-state index contributed by atoms with van der Waals surface area (Å²) in [5.74, 6) is 1.30. The second-order valence-corrected chi connectivity index (χ2v) is 11.1. The molecule has 2 fully saturated rings. The Labute approximate surface area is 213 Å². The molecule has 0 aromatic heterocycles. The highest BCUT2D eigenvalue weighted by atomic mass is 16.6. The van der Waals surface area contributed by atoms with E-state index in [4.69, 9.17) is 14.2 Å². The largest absolute Gasteiger partial charge is 0.507 e. The highest BCUT2D eigenvalue weighted by Crippen LogP contribution is 2.43. The van der Waals surface area contributed by atoms with Crippen LogP contribution in [0.15, 0.2) is 24.3 Å². The topological polar surface area (TPSA) is 80.3 Å². The Kier molecular flexibility index (Phi) is 6.64. The number of alkyl carbamates (subject to hydrolysis) is 1. The van der Waals surface area contributed by atoms with Crippen molar-refractivity contribution in [1.82, 2.24) is 10.2 Å². The summed E-state index contributed by atoms with van der Waals surface area (Å²) in [6.45, 7) is 12.4. The van der Waals surface area contributed by atoms with Gasteiger partial charge in [-0.25, -0.2) is 4.79 Å². The average molecular weight is 495 g/mol. The molecule has 2 N–H and O–H groups in total. The van der Waals surface area contributed by atoms with Crippen molar-refractivity contribution in [1.29, 1.82) is 0 Å². The maximum Gasteiger partial charge on any atom is 0.407 e. The molecule has 0 saturated carbocycles. The number of carbonyl (C=O) groups excluding carboxylic acids is 1. The minimum atomic E-state index is -0.395. The molecule has 7 heteroatoms. The standard InChI is InChI=1S/C29H38N2O5/c1-19-20(2)26-24(21(3)25(19)32)8-9-28(4,35-26)18-34-16-23-7-5-6-22(14-23)15-31-12-10-29(11-13-31)17-30-27(33)36-29/h5-7,14,32H,8-13,15-18H2,1-4H3,(H,30,33). The molecule has 0 bridgehead atoms. The minimum Gasteiger partial charge on any atom is -0.507 e. The predicted molar refractivity (Wildman–Crippen MR) is 137 cm³/mol. The van der Waals surface area contributed by atoms with Crippen molar-refractivity contribution in [3.8, 4) is 11.5 Å². The zero-order chi connectivity index (χ0) is 25.5. The quantitative estimate of drug-likeness (QED) is 0.606. The molecule has 2 aromatic carbocycles. The molecule has 2 saturated heterocycles. The van der Waals surface area contributed by atoms with Gasteiger partial charge in [-0.3, -0.25) is 4.90 Å². The number of hydrogen-bond donors (Lipinski definition) is 2. The number of phenols is 1. The van der Waals surface area contributed by atoms with Crippen LogP contribution in [0.1, 0.15) is 59.6 Å². The molecule has 3 heterocycles. The lowest BCUT2D eigenvalue weighted by molar-refractivity contribution is -0.0341. The van der Waals surface area contributed by atoms with Crippen molar-refractivity contribution >= 4 is 6.09 Å².